The molecule has 1 aromatic heterocycles. The van der Waals surface area contributed by atoms with Crippen LogP contribution in [0, 0.1) is 6.92 Å². The van der Waals surface area contributed by atoms with Crippen molar-refractivity contribution in [2.24, 2.45) is 0 Å². The van der Waals surface area contributed by atoms with Gasteiger partial charge in [-0.1, -0.05) is 0 Å². The lowest BCUT2D eigenvalue weighted by Gasteiger charge is -1.85. The summed E-state index contributed by atoms with van der Waals surface area (Å²) in [5.41, 5.74) is 3.09. The van der Waals surface area contributed by atoms with Crippen molar-refractivity contribution < 1.29 is 0 Å². The molecule has 0 aliphatic rings. The molecular weight excluding hydrogens is 117 g/mol. The molecule has 1 aromatic rings. The van der Waals surface area contributed by atoms with Crippen molar-refractivity contribution in [2.75, 3.05) is 0 Å². The summed E-state index contributed by atoms with van der Waals surface area (Å²) < 4.78 is 0. The maximum Gasteiger partial charge on any atom is 0.108 e. The zero-order valence-electron chi connectivity index (χ0n) is 5.14. The Morgan fingerprint density at radius 2 is 2.62 bits per heavy atom. The summed E-state index contributed by atoms with van der Waals surface area (Å²) in [4.78, 5) is 5.51. The molecule has 0 N–H and O–H groups in total. The lowest BCUT2D eigenvalue weighted by atomic mass is 10.0. The molecule has 0 saturated carbocycles. The van der Waals surface area contributed by atoms with E-state index in [1.165, 1.54) is 10.6 Å². The van der Waals surface area contributed by atoms with Gasteiger partial charge in [0.05, 0.1) is 11.2 Å². The first-order chi connectivity index (χ1) is 3.84. The van der Waals surface area contributed by atoms with E-state index in [-0.39, 0.29) is 0 Å². The first kappa shape index (κ1) is 5.82. The van der Waals surface area contributed by atoms with Gasteiger partial charge in [0, 0.05) is 4.88 Å². The van der Waals surface area contributed by atoms with Gasteiger partial charge in [0.1, 0.15) is 7.85 Å². The monoisotopic (exact) mass is 125 g/mol. The van der Waals surface area contributed by atoms with Crippen molar-refractivity contribution in [1.29, 1.82) is 0 Å². The quantitative estimate of drug-likeness (QED) is 0.500. The highest BCUT2D eigenvalue weighted by Crippen LogP contribution is 2.10. The van der Waals surface area contributed by atoms with E-state index in [0.29, 0.717) is 0 Å². The van der Waals surface area contributed by atoms with Crippen molar-refractivity contribution in [3.8, 4) is 0 Å². The SMILES string of the molecule is BCc1scnc1C. The smallest absolute Gasteiger partial charge is 0.108 e. The predicted molar refractivity (Wildman–Crippen MR) is 39.1 cm³/mol. The van der Waals surface area contributed by atoms with Crippen molar-refractivity contribution >= 4 is 19.2 Å². The molecule has 3 heteroatoms. The van der Waals surface area contributed by atoms with Crippen molar-refractivity contribution in [3.05, 3.63) is 16.1 Å². The molecule has 0 saturated heterocycles. The Bertz CT molecular complexity index is 173. The van der Waals surface area contributed by atoms with E-state index < -0.39 is 0 Å². The molecule has 8 heavy (non-hydrogen) atoms. The van der Waals surface area contributed by atoms with Gasteiger partial charge in [-0.25, -0.2) is 4.98 Å². The summed E-state index contributed by atoms with van der Waals surface area (Å²) in [6.07, 6.45) is 1.12. The van der Waals surface area contributed by atoms with E-state index in [1.54, 1.807) is 11.3 Å². The molecule has 0 amide bonds. The summed E-state index contributed by atoms with van der Waals surface area (Å²) in [6.45, 7) is 2.05. The number of hydrogen-bond acceptors (Lipinski definition) is 2. The van der Waals surface area contributed by atoms with Gasteiger partial charge in [0.15, 0.2) is 0 Å². The lowest BCUT2D eigenvalue weighted by Crippen LogP contribution is -1.80. The lowest BCUT2D eigenvalue weighted by molar-refractivity contribution is 1.22. The molecule has 0 bridgehead atoms. The third kappa shape index (κ3) is 0.918. The van der Waals surface area contributed by atoms with Crippen LogP contribution in [0.25, 0.3) is 0 Å². The van der Waals surface area contributed by atoms with E-state index in [1.807, 2.05) is 5.51 Å². The number of rotatable bonds is 1. The largest absolute Gasteiger partial charge is 0.250 e. The normalized spacial score (nSPS) is 9.62. The summed E-state index contributed by atoms with van der Waals surface area (Å²) >= 11 is 1.74. The fourth-order valence-corrected chi connectivity index (χ4v) is 1.39. The van der Waals surface area contributed by atoms with E-state index in [4.69, 9.17) is 0 Å². The molecule has 0 fully saturated rings. The molecule has 42 valence electrons. The Balaban J connectivity index is 2.92. The van der Waals surface area contributed by atoms with Gasteiger partial charge in [-0.15, -0.1) is 11.3 Å². The van der Waals surface area contributed by atoms with Gasteiger partial charge in [-0.3, -0.25) is 0 Å². The highest BCUT2D eigenvalue weighted by atomic mass is 32.1. The Morgan fingerprint density at radius 3 is 2.88 bits per heavy atom. The van der Waals surface area contributed by atoms with E-state index in [9.17, 15) is 0 Å². The molecule has 1 heterocycles. The Kier molecular flexibility index (Phi) is 1.68. The zero-order chi connectivity index (χ0) is 5.98. The molecule has 0 aliphatic carbocycles. The number of hydrogen-bond donors (Lipinski definition) is 0. The van der Waals surface area contributed by atoms with Gasteiger partial charge in [-0.2, -0.15) is 0 Å². The number of aryl methyl sites for hydroxylation is 1. The topological polar surface area (TPSA) is 12.9 Å². The van der Waals surface area contributed by atoms with Crippen LogP contribution in [0.1, 0.15) is 10.6 Å². The van der Waals surface area contributed by atoms with E-state index >= 15 is 0 Å². The van der Waals surface area contributed by atoms with Crippen LogP contribution in [0.5, 0.6) is 0 Å². The third-order valence-electron chi connectivity index (χ3n) is 1.17. The molecule has 0 aromatic carbocycles. The van der Waals surface area contributed by atoms with Crippen LogP contribution >= 0.6 is 11.3 Å². The highest BCUT2D eigenvalue weighted by Gasteiger charge is 1.94. The van der Waals surface area contributed by atoms with Gasteiger partial charge in [0.25, 0.3) is 0 Å². The molecule has 0 unspecified atom stereocenters. The minimum Gasteiger partial charge on any atom is -0.250 e. The second kappa shape index (κ2) is 2.31. The zero-order valence-corrected chi connectivity index (χ0v) is 5.96. The van der Waals surface area contributed by atoms with Crippen LogP contribution in [0.15, 0.2) is 5.51 Å². The average molecular weight is 125 g/mol. The van der Waals surface area contributed by atoms with Crippen molar-refractivity contribution in [3.63, 3.8) is 0 Å². The number of aromatic nitrogens is 1. The third-order valence-corrected chi connectivity index (χ3v) is 2.25. The van der Waals surface area contributed by atoms with Crippen LogP contribution in [0.4, 0.5) is 0 Å². The Labute approximate surface area is 54.2 Å². The Morgan fingerprint density at radius 1 is 1.88 bits per heavy atom. The predicted octanol–water partition coefficient (Wildman–Crippen LogP) is 0.585. The fraction of sp³-hybridized carbons (Fsp3) is 0.400. The number of nitrogens with zero attached hydrogens (tertiary/aromatic N) is 1. The molecular formula is C5H8BNS. The molecule has 0 aliphatic heterocycles. The minimum atomic E-state index is 1.12. The van der Waals surface area contributed by atoms with Crippen LogP contribution in [-0.4, -0.2) is 12.8 Å². The van der Waals surface area contributed by atoms with Crippen molar-refractivity contribution in [2.45, 2.75) is 13.2 Å². The summed E-state index contributed by atoms with van der Waals surface area (Å²) in [5.74, 6) is 0. The van der Waals surface area contributed by atoms with Gasteiger partial charge < -0.3 is 0 Å². The highest BCUT2D eigenvalue weighted by molar-refractivity contribution is 7.09. The first-order valence-corrected chi connectivity index (χ1v) is 3.61. The van der Waals surface area contributed by atoms with E-state index in [2.05, 4.69) is 19.8 Å². The van der Waals surface area contributed by atoms with Crippen LogP contribution in [0.3, 0.4) is 0 Å². The van der Waals surface area contributed by atoms with Crippen LogP contribution < -0.4 is 0 Å². The summed E-state index contributed by atoms with van der Waals surface area (Å²) in [5, 5.41) is 0. The Hall–Kier alpha value is -0.305. The average Bonchev–Trinajstić information content (AvgIpc) is 2.14. The fourth-order valence-electron chi connectivity index (χ4n) is 0.665. The first-order valence-electron chi connectivity index (χ1n) is 2.73. The van der Waals surface area contributed by atoms with E-state index in [0.717, 1.165) is 6.32 Å². The van der Waals surface area contributed by atoms with Gasteiger partial charge >= 0.3 is 0 Å². The van der Waals surface area contributed by atoms with Gasteiger partial charge in [-0.05, 0) is 13.2 Å². The molecule has 0 radical (unpaired) electrons. The van der Waals surface area contributed by atoms with Crippen molar-refractivity contribution in [1.82, 2.24) is 4.98 Å². The maximum absolute atomic E-state index is 4.11. The maximum atomic E-state index is 4.11. The molecule has 0 spiro atoms. The second-order valence-corrected chi connectivity index (χ2v) is 2.65. The van der Waals surface area contributed by atoms with Gasteiger partial charge in [0.2, 0.25) is 0 Å². The summed E-state index contributed by atoms with van der Waals surface area (Å²) in [7, 11) is 2.15. The minimum absolute atomic E-state index is 1.12. The molecule has 1 nitrogen and oxygen atoms in total. The molecule has 1 rings (SSSR count). The second-order valence-electron chi connectivity index (χ2n) is 1.71. The standard InChI is InChI=1S/C5H8BNS/c1-4-5(2-6)8-3-7-4/h3H,2,6H2,1H3. The number of thiazole rings is 1. The van der Waals surface area contributed by atoms with Crippen LogP contribution in [-0.2, 0) is 6.32 Å². The molecule has 0 atom stereocenters. The van der Waals surface area contributed by atoms with Crippen LogP contribution in [0.2, 0.25) is 0 Å². The summed E-state index contributed by atoms with van der Waals surface area (Å²) in [6, 6.07) is 0.